The zero-order chi connectivity index (χ0) is 12.8. The molecule has 1 N–H and O–H groups in total. The standard InChI is InChI=1S/C15H23ClN2/c1-2-18-9-4-7-15(8-10-18)17-12-13-5-3-6-14(16)11-13/h3,5-6,11,15,17H,2,4,7-10,12H2,1H3. The van der Waals surface area contributed by atoms with Crippen molar-refractivity contribution in [2.24, 2.45) is 0 Å². The molecule has 0 spiro atoms. The lowest BCUT2D eigenvalue weighted by Crippen LogP contribution is -2.30. The molecule has 1 saturated heterocycles. The Kier molecular flexibility index (Phi) is 5.48. The summed E-state index contributed by atoms with van der Waals surface area (Å²) in [5.41, 5.74) is 1.28. The minimum absolute atomic E-state index is 0.653. The third kappa shape index (κ3) is 4.27. The van der Waals surface area contributed by atoms with Gasteiger partial charge in [-0.3, -0.25) is 0 Å². The van der Waals surface area contributed by atoms with E-state index in [1.807, 2.05) is 18.2 Å². The molecule has 1 heterocycles. The van der Waals surface area contributed by atoms with Gasteiger partial charge in [0, 0.05) is 17.6 Å². The molecule has 1 unspecified atom stereocenters. The Labute approximate surface area is 115 Å². The van der Waals surface area contributed by atoms with E-state index in [0.717, 1.165) is 11.6 Å². The van der Waals surface area contributed by atoms with Crippen LogP contribution in [0.25, 0.3) is 0 Å². The Hall–Kier alpha value is -0.570. The Morgan fingerprint density at radius 3 is 3.00 bits per heavy atom. The Balaban J connectivity index is 1.79. The van der Waals surface area contributed by atoms with Gasteiger partial charge >= 0.3 is 0 Å². The molecule has 3 heteroatoms. The van der Waals surface area contributed by atoms with Gasteiger partial charge in [-0.1, -0.05) is 30.7 Å². The molecule has 100 valence electrons. The lowest BCUT2D eigenvalue weighted by Gasteiger charge is -2.18. The maximum Gasteiger partial charge on any atom is 0.0409 e. The van der Waals surface area contributed by atoms with Gasteiger partial charge in [0.2, 0.25) is 0 Å². The van der Waals surface area contributed by atoms with E-state index in [1.165, 1.54) is 44.5 Å². The van der Waals surface area contributed by atoms with Gasteiger partial charge in [-0.2, -0.15) is 0 Å². The molecule has 0 aliphatic carbocycles. The zero-order valence-corrected chi connectivity index (χ0v) is 11.9. The van der Waals surface area contributed by atoms with Gasteiger partial charge in [0.1, 0.15) is 0 Å². The fraction of sp³-hybridized carbons (Fsp3) is 0.600. The van der Waals surface area contributed by atoms with E-state index in [0.29, 0.717) is 6.04 Å². The highest BCUT2D eigenvalue weighted by atomic mass is 35.5. The summed E-state index contributed by atoms with van der Waals surface area (Å²) in [6.07, 6.45) is 3.85. The summed E-state index contributed by atoms with van der Waals surface area (Å²) in [6.45, 7) is 6.84. The normalized spacial score (nSPS) is 21.8. The fourth-order valence-electron chi connectivity index (χ4n) is 2.59. The monoisotopic (exact) mass is 266 g/mol. The summed E-state index contributed by atoms with van der Waals surface area (Å²) in [6, 6.07) is 8.78. The largest absolute Gasteiger partial charge is 0.310 e. The second kappa shape index (κ2) is 7.13. The van der Waals surface area contributed by atoms with Crippen molar-refractivity contribution in [2.45, 2.75) is 38.8 Å². The molecule has 0 aromatic heterocycles. The third-order valence-electron chi connectivity index (χ3n) is 3.75. The van der Waals surface area contributed by atoms with Crippen molar-refractivity contribution in [1.29, 1.82) is 0 Å². The predicted molar refractivity (Wildman–Crippen MR) is 78.0 cm³/mol. The average molecular weight is 267 g/mol. The smallest absolute Gasteiger partial charge is 0.0409 e. The molecule has 18 heavy (non-hydrogen) atoms. The van der Waals surface area contributed by atoms with Crippen molar-refractivity contribution in [2.75, 3.05) is 19.6 Å². The van der Waals surface area contributed by atoms with Gasteiger partial charge in [-0.25, -0.2) is 0 Å². The summed E-state index contributed by atoms with van der Waals surface area (Å²) >= 11 is 6.00. The van der Waals surface area contributed by atoms with Gasteiger partial charge in [-0.05, 0) is 56.6 Å². The number of rotatable bonds is 4. The van der Waals surface area contributed by atoms with Crippen LogP contribution in [0.4, 0.5) is 0 Å². The molecular weight excluding hydrogens is 244 g/mol. The highest BCUT2D eigenvalue weighted by molar-refractivity contribution is 6.30. The summed E-state index contributed by atoms with van der Waals surface area (Å²) < 4.78 is 0. The Morgan fingerprint density at radius 1 is 1.33 bits per heavy atom. The first-order valence-corrected chi connectivity index (χ1v) is 7.36. The van der Waals surface area contributed by atoms with Crippen molar-refractivity contribution in [3.63, 3.8) is 0 Å². The van der Waals surface area contributed by atoms with Crippen LogP contribution in [0.15, 0.2) is 24.3 Å². The summed E-state index contributed by atoms with van der Waals surface area (Å²) in [5.74, 6) is 0. The number of benzene rings is 1. The molecule has 0 saturated carbocycles. The molecule has 2 nitrogen and oxygen atoms in total. The molecule has 1 aromatic rings. The lowest BCUT2D eigenvalue weighted by molar-refractivity contribution is 0.297. The van der Waals surface area contributed by atoms with Crippen molar-refractivity contribution >= 4 is 11.6 Å². The maximum atomic E-state index is 6.00. The van der Waals surface area contributed by atoms with E-state index in [9.17, 15) is 0 Å². The number of likely N-dealkylation sites (tertiary alicyclic amines) is 1. The second-order valence-corrected chi connectivity index (χ2v) is 5.51. The van der Waals surface area contributed by atoms with Gasteiger partial charge in [0.05, 0.1) is 0 Å². The van der Waals surface area contributed by atoms with Crippen LogP contribution in [0.1, 0.15) is 31.7 Å². The van der Waals surface area contributed by atoms with Gasteiger partial charge in [-0.15, -0.1) is 0 Å². The van der Waals surface area contributed by atoms with Crippen molar-refractivity contribution < 1.29 is 0 Å². The van der Waals surface area contributed by atoms with Crippen molar-refractivity contribution in [1.82, 2.24) is 10.2 Å². The second-order valence-electron chi connectivity index (χ2n) is 5.07. The molecule has 0 bridgehead atoms. The minimum Gasteiger partial charge on any atom is -0.310 e. The van der Waals surface area contributed by atoms with Crippen LogP contribution >= 0.6 is 11.6 Å². The molecular formula is C15H23ClN2. The molecule has 1 aromatic carbocycles. The van der Waals surface area contributed by atoms with Crippen molar-refractivity contribution in [3.05, 3.63) is 34.9 Å². The number of halogens is 1. The van der Waals surface area contributed by atoms with Crippen LogP contribution in [0.5, 0.6) is 0 Å². The highest BCUT2D eigenvalue weighted by Gasteiger charge is 2.15. The topological polar surface area (TPSA) is 15.3 Å². The minimum atomic E-state index is 0.653. The lowest BCUT2D eigenvalue weighted by atomic mass is 10.1. The van der Waals surface area contributed by atoms with Crippen LogP contribution < -0.4 is 5.32 Å². The van der Waals surface area contributed by atoms with E-state index in [4.69, 9.17) is 11.6 Å². The summed E-state index contributed by atoms with van der Waals surface area (Å²) in [4.78, 5) is 2.54. The van der Waals surface area contributed by atoms with Gasteiger partial charge in [0.15, 0.2) is 0 Å². The maximum absolute atomic E-state index is 6.00. The van der Waals surface area contributed by atoms with Crippen LogP contribution in [0.3, 0.4) is 0 Å². The van der Waals surface area contributed by atoms with E-state index in [-0.39, 0.29) is 0 Å². The number of nitrogens with one attached hydrogen (secondary N) is 1. The van der Waals surface area contributed by atoms with Crippen molar-refractivity contribution in [3.8, 4) is 0 Å². The van der Waals surface area contributed by atoms with E-state index in [1.54, 1.807) is 0 Å². The van der Waals surface area contributed by atoms with Crippen LogP contribution in [-0.4, -0.2) is 30.6 Å². The number of nitrogens with zero attached hydrogens (tertiary/aromatic N) is 1. The molecule has 2 rings (SSSR count). The SMILES string of the molecule is CCN1CCCC(NCc2cccc(Cl)c2)CC1. The molecule has 0 amide bonds. The third-order valence-corrected chi connectivity index (χ3v) is 3.99. The van der Waals surface area contributed by atoms with E-state index >= 15 is 0 Å². The number of hydrogen-bond donors (Lipinski definition) is 1. The average Bonchev–Trinajstić information content (AvgIpc) is 2.61. The first-order chi connectivity index (χ1) is 8.78. The molecule has 1 aliphatic heterocycles. The first kappa shape index (κ1) is 13.9. The van der Waals surface area contributed by atoms with Crippen LogP contribution in [0.2, 0.25) is 5.02 Å². The summed E-state index contributed by atoms with van der Waals surface area (Å²) in [5, 5.41) is 4.49. The fourth-order valence-corrected chi connectivity index (χ4v) is 2.80. The van der Waals surface area contributed by atoms with E-state index < -0.39 is 0 Å². The quantitative estimate of drug-likeness (QED) is 0.900. The first-order valence-electron chi connectivity index (χ1n) is 6.98. The molecule has 0 radical (unpaired) electrons. The highest BCUT2D eigenvalue weighted by Crippen LogP contribution is 2.13. The van der Waals surface area contributed by atoms with Crippen LogP contribution in [0, 0.1) is 0 Å². The van der Waals surface area contributed by atoms with Gasteiger partial charge in [0.25, 0.3) is 0 Å². The summed E-state index contributed by atoms with van der Waals surface area (Å²) in [7, 11) is 0. The van der Waals surface area contributed by atoms with Crippen LogP contribution in [-0.2, 0) is 6.54 Å². The molecule has 1 atom stereocenters. The Morgan fingerprint density at radius 2 is 2.22 bits per heavy atom. The molecule has 1 fully saturated rings. The van der Waals surface area contributed by atoms with E-state index in [2.05, 4.69) is 23.2 Å². The zero-order valence-electron chi connectivity index (χ0n) is 11.2. The Bertz CT molecular complexity index is 367. The predicted octanol–water partition coefficient (Wildman–Crippen LogP) is 3.30. The number of hydrogen-bond acceptors (Lipinski definition) is 2. The molecule has 1 aliphatic rings. The van der Waals surface area contributed by atoms with Gasteiger partial charge < -0.3 is 10.2 Å².